The first-order valence-corrected chi connectivity index (χ1v) is 8.50. The summed E-state index contributed by atoms with van der Waals surface area (Å²) < 4.78 is 27.4. The summed E-state index contributed by atoms with van der Waals surface area (Å²) in [6.07, 6.45) is 3.20. The molecule has 0 radical (unpaired) electrons. The van der Waals surface area contributed by atoms with Crippen LogP contribution in [0.5, 0.6) is 0 Å². The predicted molar refractivity (Wildman–Crippen MR) is 81.3 cm³/mol. The van der Waals surface area contributed by atoms with Crippen molar-refractivity contribution in [2.75, 3.05) is 6.54 Å². The Hall–Kier alpha value is -2.23. The van der Waals surface area contributed by atoms with E-state index in [4.69, 9.17) is 5.26 Å². The Bertz CT molecular complexity index is 813. The highest BCUT2D eigenvalue weighted by Crippen LogP contribution is 2.36. The Morgan fingerprint density at radius 1 is 1.18 bits per heavy atom. The number of hydrogen-bond acceptors (Lipinski definition) is 4. The summed E-state index contributed by atoms with van der Waals surface area (Å²) >= 11 is 0. The van der Waals surface area contributed by atoms with Gasteiger partial charge in [0, 0.05) is 12.7 Å². The maximum atomic E-state index is 12.9. The lowest BCUT2D eigenvalue weighted by Gasteiger charge is -2.24. The van der Waals surface area contributed by atoms with Gasteiger partial charge in [-0.1, -0.05) is 18.2 Å². The summed E-state index contributed by atoms with van der Waals surface area (Å²) in [5.74, 6) is 0. The molecule has 6 heteroatoms. The molecule has 0 spiro atoms. The van der Waals surface area contributed by atoms with Crippen molar-refractivity contribution < 1.29 is 8.42 Å². The van der Waals surface area contributed by atoms with Crippen LogP contribution in [0.4, 0.5) is 0 Å². The predicted octanol–water partition coefficient (Wildman–Crippen LogP) is 2.48. The van der Waals surface area contributed by atoms with Gasteiger partial charge in [0.1, 0.15) is 6.07 Å². The van der Waals surface area contributed by atoms with Gasteiger partial charge in [-0.3, -0.25) is 4.98 Å². The van der Waals surface area contributed by atoms with Gasteiger partial charge in [0.15, 0.2) is 0 Å². The van der Waals surface area contributed by atoms with Gasteiger partial charge in [-0.05, 0) is 37.1 Å². The second-order valence-electron chi connectivity index (χ2n) is 5.14. The molecule has 3 rings (SSSR count). The van der Waals surface area contributed by atoms with Crippen LogP contribution in [0.3, 0.4) is 0 Å². The molecule has 1 saturated heterocycles. The summed E-state index contributed by atoms with van der Waals surface area (Å²) in [4.78, 5) is 4.36. The molecular formula is C16H15N3O2S. The molecular weight excluding hydrogens is 298 g/mol. The quantitative estimate of drug-likeness (QED) is 0.872. The van der Waals surface area contributed by atoms with E-state index in [1.54, 1.807) is 18.3 Å². The molecule has 0 aliphatic carbocycles. The van der Waals surface area contributed by atoms with Gasteiger partial charge < -0.3 is 0 Å². The molecule has 22 heavy (non-hydrogen) atoms. The number of aromatic nitrogens is 1. The van der Waals surface area contributed by atoms with E-state index in [2.05, 4.69) is 4.98 Å². The van der Waals surface area contributed by atoms with Crippen LogP contribution in [-0.4, -0.2) is 24.3 Å². The van der Waals surface area contributed by atoms with E-state index in [0.29, 0.717) is 6.54 Å². The average molecular weight is 313 g/mol. The SMILES string of the molecule is N#Cc1ccccc1S(=O)(=O)N1CCCC1c1ccccn1. The number of nitrogens with zero attached hydrogens (tertiary/aromatic N) is 3. The maximum Gasteiger partial charge on any atom is 0.245 e. The van der Waals surface area contributed by atoms with Gasteiger partial charge >= 0.3 is 0 Å². The maximum absolute atomic E-state index is 12.9. The van der Waals surface area contributed by atoms with Crippen molar-refractivity contribution in [3.8, 4) is 6.07 Å². The highest BCUT2D eigenvalue weighted by molar-refractivity contribution is 7.89. The van der Waals surface area contributed by atoms with Gasteiger partial charge in [-0.2, -0.15) is 9.57 Å². The average Bonchev–Trinajstić information content (AvgIpc) is 3.06. The molecule has 5 nitrogen and oxygen atoms in total. The molecule has 1 atom stereocenters. The molecule has 1 unspecified atom stereocenters. The van der Waals surface area contributed by atoms with Crippen LogP contribution in [0.25, 0.3) is 0 Å². The van der Waals surface area contributed by atoms with Crippen LogP contribution in [0.2, 0.25) is 0 Å². The Kier molecular flexibility index (Phi) is 3.92. The lowest BCUT2D eigenvalue weighted by Crippen LogP contribution is -2.31. The van der Waals surface area contributed by atoms with E-state index in [-0.39, 0.29) is 16.5 Å². The number of benzene rings is 1. The Morgan fingerprint density at radius 3 is 2.68 bits per heavy atom. The first-order chi connectivity index (χ1) is 10.6. The van der Waals surface area contributed by atoms with E-state index in [1.807, 2.05) is 24.3 Å². The Labute approximate surface area is 129 Å². The summed E-state index contributed by atoms with van der Waals surface area (Å²) in [6.45, 7) is 0.448. The van der Waals surface area contributed by atoms with Gasteiger partial charge in [0.2, 0.25) is 10.0 Å². The molecule has 2 aromatic rings. The zero-order chi connectivity index (χ0) is 15.6. The highest BCUT2D eigenvalue weighted by Gasteiger charge is 2.37. The van der Waals surface area contributed by atoms with Crippen molar-refractivity contribution in [3.05, 3.63) is 59.9 Å². The lowest BCUT2D eigenvalue weighted by atomic mass is 10.1. The molecule has 0 bridgehead atoms. The first-order valence-electron chi connectivity index (χ1n) is 7.06. The lowest BCUT2D eigenvalue weighted by molar-refractivity contribution is 0.390. The largest absolute Gasteiger partial charge is 0.260 e. The Morgan fingerprint density at radius 2 is 1.95 bits per heavy atom. The summed E-state index contributed by atoms with van der Waals surface area (Å²) in [5, 5.41) is 9.16. The molecule has 0 amide bonds. The fraction of sp³-hybridized carbons (Fsp3) is 0.250. The smallest absolute Gasteiger partial charge is 0.245 e. The highest BCUT2D eigenvalue weighted by atomic mass is 32.2. The van der Waals surface area contributed by atoms with Crippen LogP contribution < -0.4 is 0 Å². The first kappa shape index (κ1) is 14.7. The standard InChI is InChI=1S/C16H15N3O2S/c17-12-13-6-1-2-9-16(13)22(20,21)19-11-5-8-15(19)14-7-3-4-10-18-14/h1-4,6-7,9-10,15H,5,8,11H2. The molecule has 1 fully saturated rings. The molecule has 0 saturated carbocycles. The summed E-state index contributed by atoms with van der Waals surface area (Å²) in [5.41, 5.74) is 0.923. The number of hydrogen-bond donors (Lipinski definition) is 0. The number of rotatable bonds is 3. The third-order valence-electron chi connectivity index (χ3n) is 3.83. The van der Waals surface area contributed by atoms with Gasteiger partial charge in [0.25, 0.3) is 0 Å². The van der Waals surface area contributed by atoms with Crippen LogP contribution in [0.15, 0.2) is 53.6 Å². The van der Waals surface area contributed by atoms with Crippen molar-refractivity contribution in [1.29, 1.82) is 5.26 Å². The number of pyridine rings is 1. The third-order valence-corrected chi connectivity index (χ3v) is 5.79. The zero-order valence-corrected chi connectivity index (χ0v) is 12.7. The van der Waals surface area contributed by atoms with Gasteiger partial charge in [-0.15, -0.1) is 0 Å². The molecule has 2 heterocycles. The second-order valence-corrected chi connectivity index (χ2v) is 7.00. The summed E-state index contributed by atoms with van der Waals surface area (Å²) in [6, 6.07) is 13.5. The number of sulfonamides is 1. The molecule has 1 aromatic carbocycles. The van der Waals surface area contributed by atoms with E-state index in [0.717, 1.165) is 18.5 Å². The van der Waals surface area contributed by atoms with Gasteiger partial charge in [-0.25, -0.2) is 8.42 Å². The topological polar surface area (TPSA) is 74.1 Å². The van der Waals surface area contributed by atoms with Crippen LogP contribution in [0.1, 0.15) is 30.1 Å². The fourth-order valence-electron chi connectivity index (χ4n) is 2.81. The summed E-state index contributed by atoms with van der Waals surface area (Å²) in [7, 11) is -3.71. The van der Waals surface area contributed by atoms with Crippen molar-refractivity contribution in [1.82, 2.24) is 9.29 Å². The van der Waals surface area contributed by atoms with Crippen molar-refractivity contribution >= 4 is 10.0 Å². The molecule has 0 N–H and O–H groups in total. The molecule has 1 aromatic heterocycles. The minimum Gasteiger partial charge on any atom is -0.260 e. The van der Waals surface area contributed by atoms with Crippen molar-refractivity contribution in [2.45, 2.75) is 23.8 Å². The van der Waals surface area contributed by atoms with E-state index >= 15 is 0 Å². The normalized spacial score (nSPS) is 19.0. The third kappa shape index (κ3) is 2.49. The van der Waals surface area contributed by atoms with Crippen molar-refractivity contribution in [3.63, 3.8) is 0 Å². The number of nitriles is 1. The van der Waals surface area contributed by atoms with Gasteiger partial charge in [0.05, 0.1) is 22.2 Å². The van der Waals surface area contributed by atoms with E-state index in [1.165, 1.54) is 16.4 Å². The minimum absolute atomic E-state index is 0.0698. The minimum atomic E-state index is -3.71. The van der Waals surface area contributed by atoms with Crippen molar-refractivity contribution in [2.24, 2.45) is 0 Å². The second kappa shape index (κ2) is 5.87. The van der Waals surface area contributed by atoms with Crippen LogP contribution in [-0.2, 0) is 10.0 Å². The Balaban J connectivity index is 2.04. The zero-order valence-electron chi connectivity index (χ0n) is 11.9. The molecule has 1 aliphatic rings. The molecule has 112 valence electrons. The monoisotopic (exact) mass is 313 g/mol. The fourth-order valence-corrected chi connectivity index (χ4v) is 4.62. The molecule has 1 aliphatic heterocycles. The van der Waals surface area contributed by atoms with E-state index < -0.39 is 10.0 Å². The van der Waals surface area contributed by atoms with Crippen LogP contribution in [0, 0.1) is 11.3 Å². The van der Waals surface area contributed by atoms with E-state index in [9.17, 15) is 8.42 Å². The van der Waals surface area contributed by atoms with Crippen LogP contribution >= 0.6 is 0 Å².